The standard InChI is InChI=1S/C16H13ClN2OS/c1-10-5-6-21-15(10)8-12(9-18)16(20)19-14-4-3-13(17)7-11(14)2/h3-8H,1-2H3,(H,19,20)/b12-8+. The fraction of sp³-hybridized carbons (Fsp3) is 0.125. The van der Waals surface area contributed by atoms with E-state index in [9.17, 15) is 10.1 Å². The summed E-state index contributed by atoms with van der Waals surface area (Å²) in [5.41, 5.74) is 2.62. The number of anilines is 1. The minimum absolute atomic E-state index is 0.0786. The number of halogens is 1. The number of benzene rings is 1. The maximum Gasteiger partial charge on any atom is 0.266 e. The van der Waals surface area contributed by atoms with Crippen LogP contribution < -0.4 is 5.32 Å². The number of amides is 1. The van der Waals surface area contributed by atoms with Gasteiger partial charge in [-0.3, -0.25) is 4.79 Å². The van der Waals surface area contributed by atoms with Crippen LogP contribution in [0.4, 0.5) is 5.69 Å². The van der Waals surface area contributed by atoms with Gasteiger partial charge in [-0.05, 0) is 60.7 Å². The molecule has 0 bridgehead atoms. The molecule has 0 aliphatic heterocycles. The fourth-order valence-electron chi connectivity index (χ4n) is 1.77. The van der Waals surface area contributed by atoms with Crippen LogP contribution in [0.5, 0.6) is 0 Å². The zero-order valence-electron chi connectivity index (χ0n) is 11.6. The molecule has 0 aliphatic rings. The van der Waals surface area contributed by atoms with Gasteiger partial charge in [-0.15, -0.1) is 11.3 Å². The van der Waals surface area contributed by atoms with Crippen molar-refractivity contribution in [1.82, 2.24) is 0 Å². The lowest BCUT2D eigenvalue weighted by molar-refractivity contribution is -0.112. The summed E-state index contributed by atoms with van der Waals surface area (Å²) < 4.78 is 0. The Labute approximate surface area is 132 Å². The molecule has 3 nitrogen and oxygen atoms in total. The molecule has 1 amide bonds. The van der Waals surface area contributed by atoms with E-state index < -0.39 is 5.91 Å². The molecule has 0 aliphatic carbocycles. The number of nitrogens with one attached hydrogen (secondary N) is 1. The van der Waals surface area contributed by atoms with Crippen LogP contribution in [0, 0.1) is 25.2 Å². The summed E-state index contributed by atoms with van der Waals surface area (Å²) in [4.78, 5) is 13.1. The Kier molecular flexibility index (Phi) is 4.79. The van der Waals surface area contributed by atoms with Crippen molar-refractivity contribution in [2.24, 2.45) is 0 Å². The van der Waals surface area contributed by atoms with E-state index >= 15 is 0 Å². The summed E-state index contributed by atoms with van der Waals surface area (Å²) >= 11 is 7.38. The second-order valence-corrected chi connectivity index (χ2v) is 5.94. The molecule has 1 aromatic carbocycles. The van der Waals surface area contributed by atoms with Crippen LogP contribution in [-0.4, -0.2) is 5.91 Å². The third-order valence-corrected chi connectivity index (χ3v) is 4.18. The summed E-state index contributed by atoms with van der Waals surface area (Å²) in [5.74, 6) is -0.421. The summed E-state index contributed by atoms with van der Waals surface area (Å²) in [6.07, 6.45) is 1.61. The van der Waals surface area contributed by atoms with Crippen LogP contribution in [0.3, 0.4) is 0 Å². The van der Waals surface area contributed by atoms with Crippen molar-refractivity contribution in [1.29, 1.82) is 5.26 Å². The van der Waals surface area contributed by atoms with Crippen molar-refractivity contribution in [3.8, 4) is 6.07 Å². The first kappa shape index (κ1) is 15.3. The number of carbonyl (C=O) groups excluding carboxylic acids is 1. The van der Waals surface area contributed by atoms with Crippen molar-refractivity contribution >= 4 is 40.6 Å². The molecule has 1 heterocycles. The Balaban J connectivity index is 2.24. The van der Waals surface area contributed by atoms with Gasteiger partial charge in [0.15, 0.2) is 0 Å². The minimum Gasteiger partial charge on any atom is -0.321 e. The molecule has 2 aromatic rings. The predicted molar refractivity (Wildman–Crippen MR) is 87.5 cm³/mol. The largest absolute Gasteiger partial charge is 0.321 e. The highest BCUT2D eigenvalue weighted by molar-refractivity contribution is 7.11. The molecular formula is C16H13ClN2OS. The van der Waals surface area contributed by atoms with Gasteiger partial charge in [0, 0.05) is 15.6 Å². The smallest absolute Gasteiger partial charge is 0.266 e. The SMILES string of the molecule is Cc1cc(Cl)ccc1NC(=O)/C(C#N)=C/c1sccc1C. The molecule has 0 fully saturated rings. The van der Waals surface area contributed by atoms with E-state index in [0.717, 1.165) is 16.0 Å². The topological polar surface area (TPSA) is 52.9 Å². The van der Waals surface area contributed by atoms with Crippen molar-refractivity contribution in [3.05, 3.63) is 56.2 Å². The number of carbonyl (C=O) groups is 1. The predicted octanol–water partition coefficient (Wildman–Crippen LogP) is 4.56. The van der Waals surface area contributed by atoms with Crippen LogP contribution in [0.25, 0.3) is 6.08 Å². The van der Waals surface area contributed by atoms with E-state index in [1.807, 2.05) is 31.4 Å². The van der Waals surface area contributed by atoms with Crippen molar-refractivity contribution < 1.29 is 4.79 Å². The molecule has 0 unspecified atom stereocenters. The molecule has 0 radical (unpaired) electrons. The average molecular weight is 317 g/mol. The minimum atomic E-state index is -0.421. The van der Waals surface area contributed by atoms with E-state index in [1.54, 1.807) is 24.3 Å². The summed E-state index contributed by atoms with van der Waals surface area (Å²) in [6, 6.07) is 9.08. The summed E-state index contributed by atoms with van der Waals surface area (Å²) in [5, 5.41) is 14.5. The van der Waals surface area contributed by atoms with Gasteiger partial charge in [0.2, 0.25) is 0 Å². The second kappa shape index (κ2) is 6.57. The highest BCUT2D eigenvalue weighted by Crippen LogP contribution is 2.22. The number of hydrogen-bond donors (Lipinski definition) is 1. The van der Waals surface area contributed by atoms with E-state index in [-0.39, 0.29) is 5.57 Å². The molecule has 0 saturated carbocycles. The van der Waals surface area contributed by atoms with Gasteiger partial charge in [0.05, 0.1) is 0 Å². The number of nitrogens with zero attached hydrogens (tertiary/aromatic N) is 1. The maximum absolute atomic E-state index is 12.2. The van der Waals surface area contributed by atoms with Gasteiger partial charge in [-0.2, -0.15) is 5.26 Å². The first-order valence-corrected chi connectivity index (χ1v) is 7.50. The van der Waals surface area contributed by atoms with Gasteiger partial charge in [-0.1, -0.05) is 11.6 Å². The van der Waals surface area contributed by atoms with Crippen LogP contribution >= 0.6 is 22.9 Å². The Morgan fingerprint density at radius 2 is 2.10 bits per heavy atom. The third kappa shape index (κ3) is 3.72. The molecule has 21 heavy (non-hydrogen) atoms. The van der Waals surface area contributed by atoms with Gasteiger partial charge in [0.25, 0.3) is 5.91 Å². The molecule has 2 rings (SSSR count). The van der Waals surface area contributed by atoms with Crippen LogP contribution in [-0.2, 0) is 4.79 Å². The van der Waals surface area contributed by atoms with E-state index in [4.69, 9.17) is 11.6 Å². The normalized spacial score (nSPS) is 11.0. The number of hydrogen-bond acceptors (Lipinski definition) is 3. The van der Waals surface area contributed by atoms with E-state index in [0.29, 0.717) is 10.7 Å². The first-order chi connectivity index (χ1) is 10.0. The highest BCUT2D eigenvalue weighted by atomic mass is 35.5. The zero-order valence-corrected chi connectivity index (χ0v) is 13.2. The van der Waals surface area contributed by atoms with Gasteiger partial charge in [-0.25, -0.2) is 0 Å². The number of thiophene rings is 1. The number of aryl methyl sites for hydroxylation is 2. The molecule has 0 atom stereocenters. The van der Waals surface area contributed by atoms with E-state index in [2.05, 4.69) is 5.32 Å². The quantitative estimate of drug-likeness (QED) is 0.666. The first-order valence-electron chi connectivity index (χ1n) is 6.24. The van der Waals surface area contributed by atoms with Gasteiger partial charge in [0.1, 0.15) is 11.6 Å². The molecule has 5 heteroatoms. The zero-order chi connectivity index (χ0) is 15.4. The summed E-state index contributed by atoms with van der Waals surface area (Å²) in [7, 11) is 0. The number of nitriles is 1. The molecule has 0 spiro atoms. The Morgan fingerprint density at radius 1 is 1.33 bits per heavy atom. The number of rotatable bonds is 3. The maximum atomic E-state index is 12.2. The van der Waals surface area contributed by atoms with Crippen molar-refractivity contribution in [2.45, 2.75) is 13.8 Å². The fourth-order valence-corrected chi connectivity index (χ4v) is 2.85. The average Bonchev–Trinajstić information content (AvgIpc) is 2.84. The Morgan fingerprint density at radius 3 is 2.67 bits per heavy atom. The lowest BCUT2D eigenvalue weighted by Crippen LogP contribution is -2.14. The lowest BCUT2D eigenvalue weighted by Gasteiger charge is -2.08. The molecule has 106 valence electrons. The van der Waals surface area contributed by atoms with Crippen LogP contribution in [0.1, 0.15) is 16.0 Å². The third-order valence-electron chi connectivity index (χ3n) is 2.98. The second-order valence-electron chi connectivity index (χ2n) is 4.55. The van der Waals surface area contributed by atoms with Gasteiger partial charge < -0.3 is 5.32 Å². The van der Waals surface area contributed by atoms with Crippen molar-refractivity contribution in [2.75, 3.05) is 5.32 Å². The van der Waals surface area contributed by atoms with Crippen LogP contribution in [0.15, 0.2) is 35.2 Å². The molecule has 1 N–H and O–H groups in total. The Bertz CT molecular complexity index is 756. The molecule has 1 aromatic heterocycles. The summed E-state index contributed by atoms with van der Waals surface area (Å²) in [6.45, 7) is 3.79. The van der Waals surface area contributed by atoms with E-state index in [1.165, 1.54) is 11.3 Å². The van der Waals surface area contributed by atoms with Crippen LogP contribution in [0.2, 0.25) is 5.02 Å². The molecule has 0 saturated heterocycles. The van der Waals surface area contributed by atoms with Gasteiger partial charge >= 0.3 is 0 Å². The lowest BCUT2D eigenvalue weighted by atomic mass is 10.1. The Hall–Kier alpha value is -2.09. The molecular weight excluding hydrogens is 304 g/mol. The van der Waals surface area contributed by atoms with Crippen molar-refractivity contribution in [3.63, 3.8) is 0 Å². The monoisotopic (exact) mass is 316 g/mol. The highest BCUT2D eigenvalue weighted by Gasteiger charge is 2.12.